The second-order valence-corrected chi connectivity index (χ2v) is 6.88. The first-order chi connectivity index (χ1) is 24.2. The molecule has 0 N–H and O–H groups in total. The van der Waals surface area contributed by atoms with E-state index in [0.29, 0.717) is 0 Å². The fourth-order valence-corrected chi connectivity index (χ4v) is 0. The molecule has 0 aliphatic heterocycles. The molecular weight excluding hydrogens is 1390 g/mol. The molecule has 34 heteroatoms. The van der Waals surface area contributed by atoms with Crippen molar-refractivity contribution in [1.82, 2.24) is 0 Å². The molecule has 0 atom stereocenters. The molecule has 0 spiro atoms. The second-order valence-electron chi connectivity index (χ2n) is 6.88. The minimum Gasteiger partial charge on any atom is -0.550 e. The molecular formula is C28H42AuFeKMgO28PdRe. The van der Waals surface area contributed by atoms with Crippen LogP contribution in [0.15, 0.2) is 0 Å². The molecule has 1 radical (unpaired) electrons. The van der Waals surface area contributed by atoms with Crippen molar-refractivity contribution in [1.29, 1.82) is 0 Å². The summed E-state index contributed by atoms with van der Waals surface area (Å²) in [4.78, 5) is 124. The summed E-state index contributed by atoms with van der Waals surface area (Å²) in [6.07, 6.45) is 0. The number of aliphatic carboxylic acids is 14. The molecule has 0 rings (SSSR count). The Labute approximate surface area is 468 Å². The maximum Gasteiger partial charge on any atom is 4.00 e. The van der Waals surface area contributed by atoms with E-state index in [1.807, 2.05) is 0 Å². The van der Waals surface area contributed by atoms with Crippen molar-refractivity contribution in [3.8, 4) is 0 Å². The summed E-state index contributed by atoms with van der Waals surface area (Å²) in [5, 5.41) is 124. The van der Waals surface area contributed by atoms with Gasteiger partial charge in [0.25, 0.3) is 0 Å². The van der Waals surface area contributed by atoms with E-state index in [2.05, 4.69) is 0 Å². The fourth-order valence-electron chi connectivity index (χ4n) is 0. The molecule has 0 bridgehead atoms. The van der Waals surface area contributed by atoms with Crippen LogP contribution in [0.25, 0.3) is 0 Å². The van der Waals surface area contributed by atoms with Gasteiger partial charge in [0, 0.05) is 83.6 Å². The molecule has 0 aliphatic carbocycles. The number of hydrogen-bond donors (Lipinski definition) is 0. The van der Waals surface area contributed by atoms with Gasteiger partial charge in [0.15, 0.2) is 0 Å². The van der Waals surface area contributed by atoms with Gasteiger partial charge >= 0.3 is 155 Å². The fraction of sp³-hybridized carbons (Fsp3) is 0.500. The molecule has 0 unspecified atom stereocenters. The van der Waals surface area contributed by atoms with Crippen LogP contribution in [0.2, 0.25) is 0 Å². The normalized spacial score (nSPS) is 5.65. The van der Waals surface area contributed by atoms with Gasteiger partial charge in [-0.15, -0.1) is 0 Å². The Morgan fingerprint density at radius 2 is 0.226 bits per heavy atom. The van der Waals surface area contributed by atoms with E-state index >= 15 is 0 Å². The van der Waals surface area contributed by atoms with E-state index in [-0.39, 0.29) is 155 Å². The van der Waals surface area contributed by atoms with Crippen LogP contribution in [0.5, 0.6) is 0 Å². The number of carboxylic acids is 14. The maximum absolute atomic E-state index is 8.89. The van der Waals surface area contributed by atoms with Gasteiger partial charge in [0.2, 0.25) is 0 Å². The van der Waals surface area contributed by atoms with Crippen LogP contribution in [-0.4, -0.2) is 107 Å². The van der Waals surface area contributed by atoms with Gasteiger partial charge in [0.05, 0.1) is 0 Å². The van der Waals surface area contributed by atoms with Crippen molar-refractivity contribution >= 4 is 107 Å². The molecule has 0 saturated heterocycles. The molecule has 0 aromatic carbocycles. The number of carbonyl (C=O) groups excluding carboxylic acids is 14. The Balaban J connectivity index is -0.0000000169. The molecule has 361 valence electrons. The van der Waals surface area contributed by atoms with Gasteiger partial charge in [0.1, 0.15) is 0 Å². The van der Waals surface area contributed by atoms with E-state index in [0.717, 1.165) is 96.9 Å². The molecule has 0 aliphatic rings. The molecule has 0 aromatic heterocycles. The molecule has 0 fully saturated rings. The van der Waals surface area contributed by atoms with Crippen molar-refractivity contribution in [3.63, 3.8) is 0 Å². The van der Waals surface area contributed by atoms with Crippen molar-refractivity contribution < 1.29 is 270 Å². The standard InChI is InChI=1S/14C2H4O2.Au.Fe.K.Mg.Pd.Re/c14*1-2(3)4;;;;;;/h14*1H3,(H,3,4);;;;;;/q;;;;;;;;;;;;;;+3;+2;+1;2*+2;+4/p-14. The predicted molar refractivity (Wildman–Crippen MR) is 155 cm³/mol. The summed E-state index contributed by atoms with van der Waals surface area (Å²) in [7, 11) is 0. The van der Waals surface area contributed by atoms with Gasteiger partial charge in [-0.3, -0.25) is 0 Å². The molecule has 0 aromatic rings. The van der Waals surface area contributed by atoms with Gasteiger partial charge in [-0.1, -0.05) is 0 Å². The largest absolute Gasteiger partial charge is 4.00 e. The van der Waals surface area contributed by atoms with E-state index < -0.39 is 83.6 Å². The van der Waals surface area contributed by atoms with Crippen molar-refractivity contribution in [3.05, 3.63) is 0 Å². The van der Waals surface area contributed by atoms with Crippen molar-refractivity contribution in [2.45, 2.75) is 96.9 Å². The van der Waals surface area contributed by atoms with Crippen LogP contribution in [0.3, 0.4) is 0 Å². The zero-order valence-corrected chi connectivity index (χ0v) is 47.6. The van der Waals surface area contributed by atoms with Crippen LogP contribution in [0, 0.1) is 0 Å². The molecule has 0 saturated carbocycles. The summed E-state index contributed by atoms with van der Waals surface area (Å²) >= 11 is 0. The molecule has 28 nitrogen and oxygen atoms in total. The van der Waals surface area contributed by atoms with Crippen LogP contribution < -0.4 is 123 Å². The number of hydrogen-bond acceptors (Lipinski definition) is 28. The Hall–Kier alpha value is -2.43. The van der Waals surface area contributed by atoms with E-state index in [4.69, 9.17) is 139 Å². The third-order valence-electron chi connectivity index (χ3n) is 0. The first kappa shape index (κ1) is 131. The third kappa shape index (κ3) is 31100. The van der Waals surface area contributed by atoms with Crippen LogP contribution in [0.1, 0.15) is 96.9 Å². The number of carboxylic acid groups (broad SMARTS) is 14. The van der Waals surface area contributed by atoms with Gasteiger partial charge < -0.3 is 139 Å². The Morgan fingerprint density at radius 1 is 0.226 bits per heavy atom. The zero-order chi connectivity index (χ0) is 50.1. The summed E-state index contributed by atoms with van der Waals surface area (Å²) in [5.41, 5.74) is 0. The van der Waals surface area contributed by atoms with Gasteiger partial charge in [-0.05, 0) is 96.9 Å². The van der Waals surface area contributed by atoms with Crippen LogP contribution >= 0.6 is 0 Å². The topological polar surface area (TPSA) is 562 Å². The SMILES string of the molecule is CC(=O)[O-].CC(=O)[O-].CC(=O)[O-].CC(=O)[O-].CC(=O)[O-].CC(=O)[O-].CC(=O)[O-].CC(=O)[O-].CC(=O)[O-].CC(=O)[O-].CC(=O)[O-].CC(=O)[O-].CC(=O)[O-].CC(=O)[O-].[Au+3].[Fe+2].[K+].[Mg+2].[Pd+2].[Re+4]. The average Bonchev–Trinajstić information content (AvgIpc) is 2.73. The minimum atomic E-state index is -1.08. The zero-order valence-electron chi connectivity index (χ0n) is 35.5. The number of carbonyl (C=O) groups is 14. The summed E-state index contributed by atoms with van der Waals surface area (Å²) in [5.74, 6) is -15.2. The van der Waals surface area contributed by atoms with Crippen LogP contribution in [-0.2, 0) is 147 Å². The van der Waals surface area contributed by atoms with E-state index in [9.17, 15) is 0 Å². The van der Waals surface area contributed by atoms with Crippen molar-refractivity contribution in [2.24, 2.45) is 0 Å². The number of rotatable bonds is 0. The molecule has 0 amide bonds. The minimum absolute atomic E-state index is 0. The van der Waals surface area contributed by atoms with E-state index in [1.54, 1.807) is 0 Å². The monoisotopic (exact) mass is 1430 g/mol. The predicted octanol–water partition coefficient (Wildman–Crippen LogP) is -20.8. The molecule has 0 heterocycles. The molecule has 62 heavy (non-hydrogen) atoms. The summed E-state index contributed by atoms with van der Waals surface area (Å²) < 4.78 is 0. The van der Waals surface area contributed by atoms with Gasteiger partial charge in [-0.2, -0.15) is 0 Å². The Morgan fingerprint density at radius 3 is 0.226 bits per heavy atom. The first-order valence-corrected chi connectivity index (χ1v) is 12.7. The van der Waals surface area contributed by atoms with Crippen LogP contribution in [0.4, 0.5) is 0 Å². The maximum atomic E-state index is 8.89. The quantitative estimate of drug-likeness (QED) is 0.203. The first-order valence-electron chi connectivity index (χ1n) is 12.7. The van der Waals surface area contributed by atoms with Crippen molar-refractivity contribution in [2.75, 3.05) is 0 Å². The van der Waals surface area contributed by atoms with E-state index in [1.165, 1.54) is 0 Å². The average molecular weight is 1440 g/mol. The second kappa shape index (κ2) is 124. The summed E-state index contributed by atoms with van der Waals surface area (Å²) in [6.45, 7) is 13.6. The summed E-state index contributed by atoms with van der Waals surface area (Å²) in [6, 6.07) is 0. The smallest absolute Gasteiger partial charge is 0.550 e. The van der Waals surface area contributed by atoms with Gasteiger partial charge in [-0.25, -0.2) is 0 Å². The Bertz CT molecular complexity index is 742. The third-order valence-corrected chi connectivity index (χ3v) is 0. The Kier molecular flexibility index (Phi) is 261.